The second kappa shape index (κ2) is 13.3. The maximum Gasteiger partial charge on any atom is 0.251 e. The van der Waals surface area contributed by atoms with Gasteiger partial charge in [-0.2, -0.15) is 0 Å². The lowest BCUT2D eigenvalue weighted by atomic mass is 10.2. The monoisotopic (exact) mass is 414 g/mol. The summed E-state index contributed by atoms with van der Waals surface area (Å²) in [5.41, 5.74) is 1.14. The highest BCUT2D eigenvalue weighted by molar-refractivity contribution is 8.13. The van der Waals surface area contributed by atoms with E-state index in [9.17, 15) is 19.2 Å². The van der Waals surface area contributed by atoms with E-state index < -0.39 is 12.1 Å². The number of rotatable bonds is 7. The van der Waals surface area contributed by atoms with Crippen molar-refractivity contribution in [2.75, 3.05) is 5.75 Å². The van der Waals surface area contributed by atoms with E-state index in [4.69, 9.17) is 0 Å². The highest BCUT2D eigenvalue weighted by atomic mass is 32.2. The number of nitrogens with one attached hydrogen (secondary N) is 2. The van der Waals surface area contributed by atoms with Gasteiger partial charge in [-0.1, -0.05) is 55.1 Å². The first kappa shape index (κ1) is 24.1. The molecule has 6 nitrogen and oxygen atoms in total. The first-order valence-electron chi connectivity index (χ1n) is 9.22. The minimum absolute atomic E-state index is 0.00761. The van der Waals surface area contributed by atoms with Gasteiger partial charge >= 0.3 is 0 Å². The van der Waals surface area contributed by atoms with Crippen LogP contribution in [-0.2, 0) is 9.59 Å². The molecule has 0 aliphatic heterocycles. The molecule has 2 N–H and O–H groups in total. The number of carbonyl (C=O) groups is 4. The number of amides is 2. The molecule has 0 spiro atoms. The third kappa shape index (κ3) is 9.21. The minimum Gasteiger partial charge on any atom is -0.343 e. The summed E-state index contributed by atoms with van der Waals surface area (Å²) in [6, 6.07) is 16.8. The number of hydrogen-bond acceptors (Lipinski definition) is 5. The maximum absolute atomic E-state index is 11.7. The average molecular weight is 415 g/mol. The van der Waals surface area contributed by atoms with Crippen LogP contribution in [0.4, 0.5) is 0 Å². The predicted octanol–water partition coefficient (Wildman–Crippen LogP) is 3.09. The third-order valence-electron chi connectivity index (χ3n) is 3.62. The number of carbonyl (C=O) groups excluding carboxylic acids is 4. The summed E-state index contributed by atoms with van der Waals surface area (Å²) in [5, 5.41) is 5.20. The van der Waals surface area contributed by atoms with E-state index in [0.717, 1.165) is 5.75 Å². The summed E-state index contributed by atoms with van der Waals surface area (Å²) in [6.07, 6.45) is 0.695. The Bertz CT molecular complexity index is 797. The van der Waals surface area contributed by atoms with Gasteiger partial charge < -0.3 is 15.4 Å². The highest BCUT2D eigenvalue weighted by Crippen LogP contribution is 2.06. The van der Waals surface area contributed by atoms with Gasteiger partial charge in [-0.25, -0.2) is 0 Å². The van der Waals surface area contributed by atoms with Crippen LogP contribution in [0.3, 0.4) is 0 Å². The van der Waals surface area contributed by atoms with Crippen molar-refractivity contribution in [3.8, 4) is 0 Å². The van der Waals surface area contributed by atoms with Crippen LogP contribution in [0.15, 0.2) is 60.7 Å². The number of aldehydes is 1. The Morgan fingerprint density at radius 2 is 1.31 bits per heavy atom. The summed E-state index contributed by atoms with van der Waals surface area (Å²) in [7, 11) is 0. The molecule has 0 fully saturated rings. The minimum atomic E-state index is -0.447. The molecular formula is C22H26N2O4S. The molecule has 154 valence electrons. The first-order valence-corrected chi connectivity index (χ1v) is 10.2. The Labute approximate surface area is 175 Å². The zero-order chi connectivity index (χ0) is 21.6. The smallest absolute Gasteiger partial charge is 0.251 e. The summed E-state index contributed by atoms with van der Waals surface area (Å²) in [6.45, 7) is 5.24. The fourth-order valence-corrected chi connectivity index (χ4v) is 2.70. The van der Waals surface area contributed by atoms with Crippen molar-refractivity contribution in [2.45, 2.75) is 32.9 Å². The summed E-state index contributed by atoms with van der Waals surface area (Å²) >= 11 is 1.22. The van der Waals surface area contributed by atoms with Crippen molar-refractivity contribution in [1.82, 2.24) is 10.6 Å². The predicted molar refractivity (Wildman–Crippen MR) is 116 cm³/mol. The van der Waals surface area contributed by atoms with Crippen LogP contribution in [0.1, 0.15) is 41.5 Å². The molecule has 0 aliphatic carbocycles. The molecule has 0 saturated carbocycles. The zero-order valence-electron chi connectivity index (χ0n) is 16.8. The largest absolute Gasteiger partial charge is 0.343 e. The van der Waals surface area contributed by atoms with Crippen LogP contribution in [0.2, 0.25) is 0 Å². The fraction of sp³-hybridized carbons (Fsp3) is 0.273. The molecule has 2 aromatic carbocycles. The summed E-state index contributed by atoms with van der Waals surface area (Å²) < 4.78 is 0. The van der Waals surface area contributed by atoms with Crippen LogP contribution >= 0.6 is 11.8 Å². The van der Waals surface area contributed by atoms with Gasteiger partial charge in [0.1, 0.15) is 6.29 Å². The van der Waals surface area contributed by atoms with Crippen molar-refractivity contribution in [1.29, 1.82) is 0 Å². The standard InChI is InChI=1S/C12H15NO2S.C10H11NO2/c1-3-16-12(15)9(2)13-11(14)10-7-5-4-6-8-10;1-8(7-12)11-10(13)9-5-3-2-4-6-9/h4-9H,3H2,1-2H3,(H,13,14);2-8H,1H3,(H,11,13)/t9-;8-/m11/s1. The molecule has 2 amide bonds. The zero-order valence-corrected chi connectivity index (χ0v) is 17.6. The van der Waals surface area contributed by atoms with Gasteiger partial charge in [0.05, 0.1) is 12.1 Å². The average Bonchev–Trinajstić information content (AvgIpc) is 2.75. The lowest BCUT2D eigenvalue weighted by molar-refractivity contribution is -0.112. The van der Waals surface area contributed by atoms with Crippen LogP contribution in [0.25, 0.3) is 0 Å². The van der Waals surface area contributed by atoms with Crippen molar-refractivity contribution in [2.24, 2.45) is 0 Å². The van der Waals surface area contributed by atoms with Gasteiger partial charge in [0, 0.05) is 11.1 Å². The summed E-state index contributed by atoms with van der Waals surface area (Å²) in [5.74, 6) is 0.294. The Kier molecular flexibility index (Phi) is 11.0. The van der Waals surface area contributed by atoms with E-state index in [1.165, 1.54) is 11.8 Å². The molecule has 0 aliphatic rings. The van der Waals surface area contributed by atoms with Gasteiger partial charge in [0.25, 0.3) is 11.8 Å². The Hall–Kier alpha value is -2.93. The molecule has 0 unspecified atom stereocenters. The molecule has 29 heavy (non-hydrogen) atoms. The van der Waals surface area contributed by atoms with Gasteiger partial charge in [0.15, 0.2) is 0 Å². The Morgan fingerprint density at radius 3 is 1.72 bits per heavy atom. The molecule has 2 aromatic rings. The van der Waals surface area contributed by atoms with Crippen molar-refractivity contribution in [3.63, 3.8) is 0 Å². The van der Waals surface area contributed by atoms with E-state index in [2.05, 4.69) is 10.6 Å². The Morgan fingerprint density at radius 1 is 0.862 bits per heavy atom. The van der Waals surface area contributed by atoms with E-state index in [1.54, 1.807) is 62.4 Å². The van der Waals surface area contributed by atoms with Crippen LogP contribution < -0.4 is 10.6 Å². The molecule has 0 saturated heterocycles. The van der Waals surface area contributed by atoms with E-state index >= 15 is 0 Å². The Balaban J connectivity index is 0.000000296. The SMILES string of the molecule is CCSC(=O)[C@@H](C)NC(=O)c1ccccc1.C[C@H](C=O)NC(=O)c1ccccc1. The van der Waals surface area contributed by atoms with Crippen molar-refractivity contribution >= 4 is 35.0 Å². The van der Waals surface area contributed by atoms with Crippen LogP contribution in [0.5, 0.6) is 0 Å². The lowest BCUT2D eigenvalue weighted by Gasteiger charge is -2.11. The van der Waals surface area contributed by atoms with E-state index in [1.807, 2.05) is 19.1 Å². The molecule has 0 heterocycles. The van der Waals surface area contributed by atoms with Crippen molar-refractivity contribution < 1.29 is 19.2 Å². The quantitative estimate of drug-likeness (QED) is 0.679. The topological polar surface area (TPSA) is 92.3 Å². The summed E-state index contributed by atoms with van der Waals surface area (Å²) in [4.78, 5) is 44.8. The normalized spacial score (nSPS) is 11.8. The van der Waals surface area contributed by atoms with Gasteiger partial charge in [-0.15, -0.1) is 0 Å². The van der Waals surface area contributed by atoms with Crippen LogP contribution in [-0.4, -0.2) is 41.1 Å². The third-order valence-corrected chi connectivity index (χ3v) is 4.55. The van der Waals surface area contributed by atoms with Crippen LogP contribution in [0, 0.1) is 0 Å². The number of hydrogen-bond donors (Lipinski definition) is 2. The second-order valence-corrected chi connectivity index (χ2v) is 7.35. The lowest BCUT2D eigenvalue weighted by Crippen LogP contribution is -2.37. The second-order valence-electron chi connectivity index (χ2n) is 6.08. The fourth-order valence-electron chi connectivity index (χ4n) is 2.11. The maximum atomic E-state index is 11.7. The van der Waals surface area contributed by atoms with Crippen molar-refractivity contribution in [3.05, 3.63) is 71.8 Å². The molecule has 7 heteroatoms. The number of thioether (sulfide) groups is 1. The molecule has 2 atom stereocenters. The molecule has 0 radical (unpaired) electrons. The van der Waals surface area contributed by atoms with Gasteiger partial charge in [-0.05, 0) is 43.9 Å². The van der Waals surface area contributed by atoms with E-state index in [-0.39, 0.29) is 16.9 Å². The van der Waals surface area contributed by atoms with Gasteiger partial charge in [-0.3, -0.25) is 14.4 Å². The highest BCUT2D eigenvalue weighted by Gasteiger charge is 2.15. The van der Waals surface area contributed by atoms with E-state index in [0.29, 0.717) is 17.4 Å². The molecule has 0 bridgehead atoms. The van der Waals surface area contributed by atoms with Gasteiger partial charge in [0.2, 0.25) is 5.12 Å². The molecule has 2 rings (SSSR count). The number of benzene rings is 2. The molecule has 0 aromatic heterocycles. The molecular weight excluding hydrogens is 388 g/mol. The first-order chi connectivity index (χ1) is 13.9.